The van der Waals surface area contributed by atoms with E-state index in [1.165, 1.54) is 5.56 Å². The fraction of sp³-hybridized carbons (Fsp3) is 0.385. The van der Waals surface area contributed by atoms with E-state index in [0.29, 0.717) is 25.1 Å². The van der Waals surface area contributed by atoms with Gasteiger partial charge >= 0.3 is 0 Å². The zero-order valence-corrected chi connectivity index (χ0v) is 18.6. The minimum absolute atomic E-state index is 0.0104. The summed E-state index contributed by atoms with van der Waals surface area (Å²) in [4.78, 5) is 27.5. The Morgan fingerprint density at radius 1 is 1.12 bits per heavy atom. The molecule has 0 radical (unpaired) electrons. The number of para-hydroxylation sites is 1. The molecule has 0 bridgehead atoms. The second-order valence-electron chi connectivity index (χ2n) is 8.72. The Morgan fingerprint density at radius 3 is 2.69 bits per heavy atom. The van der Waals surface area contributed by atoms with Crippen molar-refractivity contribution in [2.45, 2.75) is 38.3 Å². The van der Waals surface area contributed by atoms with E-state index < -0.39 is 5.60 Å². The van der Waals surface area contributed by atoms with Crippen molar-refractivity contribution in [3.05, 3.63) is 75.6 Å². The number of likely N-dealkylation sites (tertiary alicyclic amines) is 1. The van der Waals surface area contributed by atoms with Crippen LogP contribution in [0.25, 0.3) is 10.9 Å². The molecule has 2 aliphatic rings. The SMILES string of the molecule is COc1cccc2c1C1(CCN(C(=O)Cn3c(C)cc(=O)c4ccccc43)CC1)OCC2. The highest BCUT2D eigenvalue weighted by atomic mass is 16.5. The van der Waals surface area contributed by atoms with Crippen LogP contribution in [-0.4, -0.2) is 42.2 Å². The molecule has 1 fully saturated rings. The van der Waals surface area contributed by atoms with Gasteiger partial charge in [-0.15, -0.1) is 0 Å². The zero-order valence-electron chi connectivity index (χ0n) is 18.6. The largest absolute Gasteiger partial charge is 0.496 e. The van der Waals surface area contributed by atoms with E-state index >= 15 is 0 Å². The van der Waals surface area contributed by atoms with Crippen LogP contribution in [0.3, 0.4) is 0 Å². The summed E-state index contributed by atoms with van der Waals surface area (Å²) in [6.07, 6.45) is 2.38. The molecular weight excluding hydrogens is 404 g/mol. The van der Waals surface area contributed by atoms with Crippen molar-refractivity contribution in [1.82, 2.24) is 9.47 Å². The lowest BCUT2D eigenvalue weighted by atomic mass is 9.78. The lowest BCUT2D eigenvalue weighted by molar-refractivity contribution is -0.141. The fourth-order valence-corrected chi connectivity index (χ4v) is 5.31. The maximum absolute atomic E-state index is 13.2. The van der Waals surface area contributed by atoms with Crippen LogP contribution in [0.2, 0.25) is 0 Å². The normalized spacial score (nSPS) is 17.4. The summed E-state index contributed by atoms with van der Waals surface area (Å²) in [5.41, 5.74) is 3.63. The number of piperidine rings is 1. The molecule has 32 heavy (non-hydrogen) atoms. The van der Waals surface area contributed by atoms with E-state index in [0.717, 1.165) is 41.8 Å². The molecule has 0 N–H and O–H groups in total. The Bertz CT molecular complexity index is 1220. The summed E-state index contributed by atoms with van der Waals surface area (Å²) in [5.74, 6) is 0.935. The second-order valence-corrected chi connectivity index (χ2v) is 8.72. The Morgan fingerprint density at radius 2 is 1.91 bits per heavy atom. The van der Waals surface area contributed by atoms with Crippen molar-refractivity contribution in [2.24, 2.45) is 0 Å². The number of rotatable bonds is 3. The summed E-state index contributed by atoms with van der Waals surface area (Å²) in [6, 6.07) is 15.3. The van der Waals surface area contributed by atoms with Crippen LogP contribution < -0.4 is 10.2 Å². The number of ether oxygens (including phenoxy) is 2. The van der Waals surface area contributed by atoms with E-state index in [2.05, 4.69) is 6.07 Å². The predicted molar refractivity (Wildman–Crippen MR) is 123 cm³/mol. The van der Waals surface area contributed by atoms with Gasteiger partial charge in [-0.25, -0.2) is 0 Å². The molecule has 5 rings (SSSR count). The molecule has 0 unspecified atom stereocenters. The Labute approximate surface area is 187 Å². The minimum atomic E-state index is -0.392. The number of carbonyl (C=O) groups is 1. The Kier molecular flexibility index (Phi) is 5.25. The number of aromatic nitrogens is 1. The molecule has 1 saturated heterocycles. The van der Waals surface area contributed by atoms with Gasteiger partial charge in [0, 0.05) is 35.8 Å². The van der Waals surface area contributed by atoms with Gasteiger partial charge in [0.2, 0.25) is 5.91 Å². The van der Waals surface area contributed by atoms with Crippen LogP contribution in [0.5, 0.6) is 5.75 Å². The first kappa shape index (κ1) is 20.8. The van der Waals surface area contributed by atoms with Crippen LogP contribution >= 0.6 is 0 Å². The molecule has 6 heteroatoms. The maximum atomic E-state index is 13.2. The van der Waals surface area contributed by atoms with Gasteiger partial charge in [0.15, 0.2) is 5.43 Å². The highest BCUT2D eigenvalue weighted by Crippen LogP contribution is 2.45. The van der Waals surface area contributed by atoms with Crippen molar-refractivity contribution in [1.29, 1.82) is 0 Å². The molecule has 6 nitrogen and oxygen atoms in total. The van der Waals surface area contributed by atoms with E-state index in [-0.39, 0.29) is 17.9 Å². The van der Waals surface area contributed by atoms with Gasteiger partial charge < -0.3 is 18.9 Å². The Balaban J connectivity index is 1.37. The van der Waals surface area contributed by atoms with Gasteiger partial charge in [0.05, 0.1) is 19.2 Å². The number of carbonyl (C=O) groups excluding carboxylic acids is 1. The number of benzene rings is 2. The van der Waals surface area contributed by atoms with E-state index in [1.807, 2.05) is 52.8 Å². The molecule has 2 aliphatic heterocycles. The van der Waals surface area contributed by atoms with E-state index in [4.69, 9.17) is 9.47 Å². The first-order valence-corrected chi connectivity index (χ1v) is 11.2. The van der Waals surface area contributed by atoms with Gasteiger partial charge in [-0.1, -0.05) is 24.3 Å². The average Bonchev–Trinajstić information content (AvgIpc) is 2.82. The molecule has 1 spiro atoms. The highest BCUT2D eigenvalue weighted by molar-refractivity contribution is 5.82. The summed E-state index contributed by atoms with van der Waals surface area (Å²) in [7, 11) is 1.70. The summed E-state index contributed by atoms with van der Waals surface area (Å²) >= 11 is 0. The number of nitrogens with zero attached hydrogens (tertiary/aromatic N) is 2. The monoisotopic (exact) mass is 432 g/mol. The number of amides is 1. The topological polar surface area (TPSA) is 60.8 Å². The molecule has 1 aromatic heterocycles. The number of aryl methyl sites for hydroxylation is 1. The zero-order chi connectivity index (χ0) is 22.3. The lowest BCUT2D eigenvalue weighted by Gasteiger charge is -2.45. The number of hydrogen-bond donors (Lipinski definition) is 0. The van der Waals surface area contributed by atoms with Crippen molar-refractivity contribution in [2.75, 3.05) is 26.8 Å². The van der Waals surface area contributed by atoms with Crippen molar-refractivity contribution in [3.8, 4) is 5.75 Å². The molecule has 2 aromatic carbocycles. The smallest absolute Gasteiger partial charge is 0.242 e. The van der Waals surface area contributed by atoms with Gasteiger partial charge in [0.25, 0.3) is 0 Å². The first-order valence-electron chi connectivity index (χ1n) is 11.2. The number of pyridine rings is 1. The summed E-state index contributed by atoms with van der Waals surface area (Å²) in [5, 5.41) is 0.641. The van der Waals surface area contributed by atoms with Gasteiger partial charge in [-0.2, -0.15) is 0 Å². The molecule has 0 saturated carbocycles. The van der Waals surface area contributed by atoms with Crippen LogP contribution in [0.15, 0.2) is 53.3 Å². The first-order chi connectivity index (χ1) is 15.5. The molecular formula is C26H28N2O4. The standard InChI is InChI=1S/C26H28N2O4/c1-18-16-22(29)20-7-3-4-8-21(20)28(18)17-24(30)27-13-11-26(12-14-27)25-19(10-15-32-26)6-5-9-23(25)31-2/h3-9,16H,10-15,17H2,1-2H3. The lowest BCUT2D eigenvalue weighted by Crippen LogP contribution is -2.49. The van der Waals surface area contributed by atoms with E-state index in [1.54, 1.807) is 13.2 Å². The molecule has 0 aliphatic carbocycles. The number of hydrogen-bond acceptors (Lipinski definition) is 4. The minimum Gasteiger partial charge on any atom is -0.496 e. The third-order valence-corrected chi connectivity index (χ3v) is 6.98. The van der Waals surface area contributed by atoms with Crippen LogP contribution in [0.4, 0.5) is 0 Å². The predicted octanol–water partition coefficient (Wildman–Crippen LogP) is 3.41. The summed E-state index contributed by atoms with van der Waals surface area (Å²) < 4.78 is 14.0. The molecule has 1 amide bonds. The molecule has 0 atom stereocenters. The van der Waals surface area contributed by atoms with Crippen molar-refractivity contribution >= 4 is 16.8 Å². The van der Waals surface area contributed by atoms with Gasteiger partial charge in [0.1, 0.15) is 17.9 Å². The third kappa shape index (κ3) is 3.39. The van der Waals surface area contributed by atoms with Crippen LogP contribution in [0.1, 0.15) is 29.7 Å². The fourth-order valence-electron chi connectivity index (χ4n) is 5.31. The molecule has 3 heterocycles. The second kappa shape index (κ2) is 8.10. The van der Waals surface area contributed by atoms with Crippen molar-refractivity contribution in [3.63, 3.8) is 0 Å². The number of methoxy groups -OCH3 is 1. The quantitative estimate of drug-likeness (QED) is 0.636. The van der Waals surface area contributed by atoms with Crippen molar-refractivity contribution < 1.29 is 14.3 Å². The van der Waals surface area contributed by atoms with Crippen LogP contribution in [-0.2, 0) is 28.1 Å². The number of fused-ring (bicyclic) bond motifs is 3. The summed E-state index contributed by atoms with van der Waals surface area (Å²) in [6.45, 7) is 4.06. The third-order valence-electron chi connectivity index (χ3n) is 6.98. The van der Waals surface area contributed by atoms with E-state index in [9.17, 15) is 9.59 Å². The van der Waals surface area contributed by atoms with Crippen LogP contribution in [0, 0.1) is 6.92 Å². The van der Waals surface area contributed by atoms with Gasteiger partial charge in [-0.05, 0) is 49.9 Å². The molecule has 166 valence electrons. The Hall–Kier alpha value is -3.12. The maximum Gasteiger partial charge on any atom is 0.242 e. The van der Waals surface area contributed by atoms with Gasteiger partial charge in [-0.3, -0.25) is 9.59 Å². The average molecular weight is 433 g/mol. The highest BCUT2D eigenvalue weighted by Gasteiger charge is 2.43. The molecule has 3 aromatic rings.